The Morgan fingerprint density at radius 2 is 1.80 bits per heavy atom. The van der Waals surface area contributed by atoms with Gasteiger partial charge in [0.2, 0.25) is 10.0 Å². The maximum Gasteiger partial charge on any atom is 0.240 e. The molecule has 2 aliphatic rings. The Labute approximate surface area is 178 Å². The lowest BCUT2D eigenvalue weighted by atomic mass is 9.77. The molecule has 5 heteroatoms. The van der Waals surface area contributed by atoms with E-state index in [9.17, 15) is 8.42 Å². The highest BCUT2D eigenvalue weighted by Gasteiger charge is 2.38. The van der Waals surface area contributed by atoms with Crippen molar-refractivity contribution in [2.24, 2.45) is 5.92 Å². The van der Waals surface area contributed by atoms with Crippen molar-refractivity contribution in [3.05, 3.63) is 83.9 Å². The molecule has 3 aromatic rings. The summed E-state index contributed by atoms with van der Waals surface area (Å²) in [5, 5.41) is 6.20. The van der Waals surface area contributed by atoms with E-state index >= 15 is 0 Å². The molecular weight excluding hydrogens is 392 g/mol. The molecule has 4 nitrogen and oxygen atoms in total. The van der Waals surface area contributed by atoms with E-state index in [1.165, 1.54) is 16.3 Å². The Hall–Kier alpha value is -2.63. The molecular formula is C25H26N2O2S. The highest BCUT2D eigenvalue weighted by atomic mass is 32.2. The first kappa shape index (κ1) is 19.3. The molecule has 0 bridgehead atoms. The summed E-state index contributed by atoms with van der Waals surface area (Å²) in [7, 11) is -3.51. The van der Waals surface area contributed by atoms with Gasteiger partial charge in [-0.3, -0.25) is 0 Å². The summed E-state index contributed by atoms with van der Waals surface area (Å²) >= 11 is 0. The predicted octanol–water partition coefficient (Wildman–Crippen LogP) is 5.35. The van der Waals surface area contributed by atoms with Crippen LogP contribution in [0, 0.1) is 5.92 Å². The van der Waals surface area contributed by atoms with Crippen molar-refractivity contribution in [1.82, 2.24) is 4.72 Å². The molecule has 2 N–H and O–H groups in total. The summed E-state index contributed by atoms with van der Waals surface area (Å²) < 4.78 is 28.0. The molecule has 0 spiro atoms. The maximum atomic E-state index is 12.7. The Kier molecular flexibility index (Phi) is 4.68. The van der Waals surface area contributed by atoms with Gasteiger partial charge in [0, 0.05) is 17.6 Å². The molecule has 154 valence electrons. The molecule has 0 fully saturated rings. The quantitative estimate of drug-likeness (QED) is 0.561. The number of benzene rings is 3. The van der Waals surface area contributed by atoms with E-state index < -0.39 is 10.0 Å². The van der Waals surface area contributed by atoms with Gasteiger partial charge in [-0.1, -0.05) is 48.6 Å². The third kappa shape index (κ3) is 3.32. The van der Waals surface area contributed by atoms with Crippen molar-refractivity contribution in [2.75, 3.05) is 5.32 Å². The molecule has 0 aromatic heterocycles. The van der Waals surface area contributed by atoms with Gasteiger partial charge in [-0.05, 0) is 72.4 Å². The molecule has 1 heterocycles. The Morgan fingerprint density at radius 3 is 2.60 bits per heavy atom. The second-order valence-corrected chi connectivity index (χ2v) is 10.3. The average Bonchev–Trinajstić information content (AvgIpc) is 3.22. The van der Waals surface area contributed by atoms with Crippen LogP contribution >= 0.6 is 0 Å². The smallest absolute Gasteiger partial charge is 0.240 e. The van der Waals surface area contributed by atoms with Crippen LogP contribution in [0.4, 0.5) is 5.69 Å². The number of hydrogen-bond donors (Lipinski definition) is 2. The summed E-state index contributed by atoms with van der Waals surface area (Å²) in [6.45, 7) is 3.67. The van der Waals surface area contributed by atoms with Crippen molar-refractivity contribution in [2.45, 2.75) is 43.2 Å². The van der Waals surface area contributed by atoms with Crippen molar-refractivity contribution in [1.29, 1.82) is 0 Å². The molecule has 1 aliphatic heterocycles. The zero-order valence-corrected chi connectivity index (χ0v) is 18.0. The van der Waals surface area contributed by atoms with E-state index in [0.29, 0.717) is 10.8 Å². The van der Waals surface area contributed by atoms with E-state index in [-0.39, 0.29) is 18.0 Å². The molecule has 3 aromatic carbocycles. The number of anilines is 1. The minimum atomic E-state index is -3.51. The molecule has 3 unspecified atom stereocenters. The minimum absolute atomic E-state index is 0.138. The standard InChI is InChI=1S/C25H26N2O2S/c1-16(2)27-30(28,29)20-12-13-24-23(15-20)21-8-5-9-22(21)25(26-24)19-11-10-17-6-3-4-7-18(17)14-19/h3-8,10-16,21-22,25-27H,9H2,1-2H3. The van der Waals surface area contributed by atoms with Crippen LogP contribution in [0.25, 0.3) is 10.8 Å². The first-order valence-corrected chi connectivity index (χ1v) is 12.0. The molecule has 0 amide bonds. The van der Waals surface area contributed by atoms with E-state index in [1.54, 1.807) is 6.07 Å². The summed E-state index contributed by atoms with van der Waals surface area (Å²) in [5.41, 5.74) is 3.36. The summed E-state index contributed by atoms with van der Waals surface area (Å²) in [6.07, 6.45) is 5.45. The van der Waals surface area contributed by atoms with Crippen LogP contribution in [-0.2, 0) is 10.0 Å². The van der Waals surface area contributed by atoms with Gasteiger partial charge in [0.25, 0.3) is 0 Å². The second-order valence-electron chi connectivity index (χ2n) is 8.61. The third-order valence-electron chi connectivity index (χ3n) is 6.17. The number of hydrogen-bond acceptors (Lipinski definition) is 3. The number of rotatable bonds is 4. The van der Waals surface area contributed by atoms with Crippen LogP contribution in [0.1, 0.15) is 43.4 Å². The Bertz CT molecular complexity index is 1250. The monoisotopic (exact) mass is 418 g/mol. The predicted molar refractivity (Wildman–Crippen MR) is 122 cm³/mol. The molecule has 0 saturated carbocycles. The fourth-order valence-electron chi connectivity index (χ4n) is 4.85. The fourth-order valence-corrected chi connectivity index (χ4v) is 6.14. The molecule has 30 heavy (non-hydrogen) atoms. The van der Waals surface area contributed by atoms with Gasteiger partial charge in [-0.15, -0.1) is 0 Å². The first-order valence-electron chi connectivity index (χ1n) is 10.5. The molecule has 0 radical (unpaired) electrons. The van der Waals surface area contributed by atoms with Gasteiger partial charge in [0.05, 0.1) is 10.9 Å². The highest BCUT2D eigenvalue weighted by Crippen LogP contribution is 2.50. The largest absolute Gasteiger partial charge is 0.378 e. The van der Waals surface area contributed by atoms with Gasteiger partial charge >= 0.3 is 0 Å². The maximum absolute atomic E-state index is 12.7. The van der Waals surface area contributed by atoms with E-state index in [4.69, 9.17) is 0 Å². The zero-order chi connectivity index (χ0) is 20.9. The van der Waals surface area contributed by atoms with Gasteiger partial charge in [0.15, 0.2) is 0 Å². The van der Waals surface area contributed by atoms with Crippen LogP contribution in [-0.4, -0.2) is 14.5 Å². The summed E-state index contributed by atoms with van der Waals surface area (Å²) in [5.74, 6) is 0.585. The number of nitrogens with one attached hydrogen (secondary N) is 2. The lowest BCUT2D eigenvalue weighted by molar-refractivity contribution is 0.425. The first-order chi connectivity index (χ1) is 14.4. The van der Waals surface area contributed by atoms with Gasteiger partial charge in [-0.25, -0.2) is 13.1 Å². The van der Waals surface area contributed by atoms with Crippen LogP contribution < -0.4 is 10.0 Å². The van der Waals surface area contributed by atoms with Crippen LogP contribution in [0.3, 0.4) is 0 Å². The van der Waals surface area contributed by atoms with Crippen molar-refractivity contribution in [3.63, 3.8) is 0 Å². The zero-order valence-electron chi connectivity index (χ0n) is 17.2. The second kappa shape index (κ2) is 7.25. The summed E-state index contributed by atoms with van der Waals surface area (Å²) in [6, 6.07) is 20.6. The van der Waals surface area contributed by atoms with Crippen molar-refractivity contribution >= 4 is 26.5 Å². The average molecular weight is 419 g/mol. The number of allylic oxidation sites excluding steroid dienone is 2. The van der Waals surface area contributed by atoms with Crippen LogP contribution in [0.2, 0.25) is 0 Å². The van der Waals surface area contributed by atoms with Crippen LogP contribution in [0.15, 0.2) is 77.7 Å². The normalized spacial score (nSPS) is 22.7. The lowest BCUT2D eigenvalue weighted by Gasteiger charge is -2.38. The molecule has 3 atom stereocenters. The minimum Gasteiger partial charge on any atom is -0.378 e. The SMILES string of the molecule is CC(C)NS(=O)(=O)c1ccc2c(c1)C1C=CCC1C(c1ccc3ccccc3c1)N2. The lowest BCUT2D eigenvalue weighted by Crippen LogP contribution is -2.31. The van der Waals surface area contributed by atoms with Gasteiger partial charge in [-0.2, -0.15) is 0 Å². The third-order valence-corrected chi connectivity index (χ3v) is 7.82. The Morgan fingerprint density at radius 1 is 1.00 bits per heavy atom. The summed E-state index contributed by atoms with van der Waals surface area (Å²) in [4.78, 5) is 0.333. The number of fused-ring (bicyclic) bond motifs is 4. The van der Waals surface area contributed by atoms with Crippen molar-refractivity contribution < 1.29 is 8.42 Å². The fraction of sp³-hybridized carbons (Fsp3) is 0.280. The van der Waals surface area contributed by atoms with E-state index in [2.05, 4.69) is 64.7 Å². The number of sulfonamides is 1. The van der Waals surface area contributed by atoms with E-state index in [0.717, 1.165) is 17.7 Å². The molecule has 5 rings (SSSR count). The van der Waals surface area contributed by atoms with Gasteiger partial charge < -0.3 is 5.32 Å². The topological polar surface area (TPSA) is 58.2 Å². The molecule has 1 aliphatic carbocycles. The molecule has 0 saturated heterocycles. The van der Waals surface area contributed by atoms with Crippen molar-refractivity contribution in [3.8, 4) is 0 Å². The van der Waals surface area contributed by atoms with Gasteiger partial charge in [0.1, 0.15) is 0 Å². The Balaban J connectivity index is 1.54. The van der Waals surface area contributed by atoms with Crippen LogP contribution in [0.5, 0.6) is 0 Å². The highest BCUT2D eigenvalue weighted by molar-refractivity contribution is 7.89. The van der Waals surface area contributed by atoms with E-state index in [1.807, 2.05) is 26.0 Å².